The third-order valence-corrected chi connectivity index (χ3v) is 4.12. The van der Waals surface area contributed by atoms with Crippen LogP contribution < -0.4 is 0 Å². The van der Waals surface area contributed by atoms with Crippen LogP contribution in [-0.2, 0) is 0 Å². The van der Waals surface area contributed by atoms with E-state index in [-0.39, 0.29) is 5.91 Å². The zero-order valence-corrected chi connectivity index (χ0v) is 9.93. The minimum Gasteiger partial charge on any atom is -0.333 e. The van der Waals surface area contributed by atoms with Crippen molar-refractivity contribution >= 4 is 5.91 Å². The molecule has 0 bridgehead atoms. The molecule has 1 saturated heterocycles. The van der Waals surface area contributed by atoms with Crippen LogP contribution in [-0.4, -0.2) is 38.6 Å². The Bertz CT molecular complexity index is 387. The van der Waals surface area contributed by atoms with Gasteiger partial charge in [0.25, 0.3) is 5.91 Å². The van der Waals surface area contributed by atoms with E-state index in [1.54, 1.807) is 0 Å². The van der Waals surface area contributed by atoms with Crippen LogP contribution in [0.2, 0.25) is 0 Å². The Balaban J connectivity index is 1.79. The quantitative estimate of drug-likeness (QED) is 0.802. The van der Waals surface area contributed by atoms with E-state index in [1.807, 2.05) is 4.90 Å². The number of nitrogens with zero attached hydrogens (tertiary/aromatic N) is 3. The molecule has 1 N–H and O–H groups in total. The summed E-state index contributed by atoms with van der Waals surface area (Å²) in [7, 11) is 0. The van der Waals surface area contributed by atoms with Gasteiger partial charge in [0.05, 0.1) is 0 Å². The lowest BCUT2D eigenvalue weighted by Crippen LogP contribution is -2.49. The molecule has 2 unspecified atom stereocenters. The van der Waals surface area contributed by atoms with Crippen molar-refractivity contribution in [2.24, 2.45) is 5.92 Å². The number of hydrogen-bond donors (Lipinski definition) is 1. The molecule has 92 valence electrons. The van der Waals surface area contributed by atoms with E-state index >= 15 is 0 Å². The van der Waals surface area contributed by atoms with Crippen LogP contribution in [0.4, 0.5) is 0 Å². The highest BCUT2D eigenvalue weighted by atomic mass is 16.2. The summed E-state index contributed by atoms with van der Waals surface area (Å²) >= 11 is 0. The molecule has 0 aromatic carbocycles. The van der Waals surface area contributed by atoms with Gasteiger partial charge in [0.1, 0.15) is 6.33 Å². The van der Waals surface area contributed by atoms with Crippen LogP contribution in [0.1, 0.15) is 49.1 Å². The summed E-state index contributed by atoms with van der Waals surface area (Å²) in [5.41, 5.74) is 0. The number of likely N-dealkylation sites (tertiary alicyclic amines) is 1. The van der Waals surface area contributed by atoms with Crippen LogP contribution in [0.15, 0.2) is 6.33 Å². The molecule has 1 aromatic heterocycles. The molecule has 2 atom stereocenters. The minimum atomic E-state index is 0.0269. The van der Waals surface area contributed by atoms with E-state index in [0.717, 1.165) is 19.4 Å². The standard InChI is InChI=1S/C12H18N4O/c17-12(11-13-8-14-15-11)16-7-3-5-9-4-1-2-6-10(9)16/h8-10H,1-7H2,(H,13,14,15). The molecule has 1 aliphatic carbocycles. The van der Waals surface area contributed by atoms with Gasteiger partial charge in [0.15, 0.2) is 0 Å². The Labute approximate surface area is 101 Å². The maximum atomic E-state index is 12.3. The van der Waals surface area contributed by atoms with Gasteiger partial charge in [-0.2, -0.15) is 5.10 Å². The summed E-state index contributed by atoms with van der Waals surface area (Å²) in [6.07, 6.45) is 8.82. The fourth-order valence-electron chi connectivity index (χ4n) is 3.32. The van der Waals surface area contributed by atoms with Gasteiger partial charge in [-0.15, -0.1) is 0 Å². The molecule has 2 fully saturated rings. The second-order valence-corrected chi connectivity index (χ2v) is 5.09. The van der Waals surface area contributed by atoms with E-state index < -0.39 is 0 Å². The summed E-state index contributed by atoms with van der Waals surface area (Å²) in [4.78, 5) is 18.3. The predicted octanol–water partition coefficient (Wildman–Crippen LogP) is 1.60. The summed E-state index contributed by atoms with van der Waals surface area (Å²) < 4.78 is 0. The minimum absolute atomic E-state index is 0.0269. The highest BCUT2D eigenvalue weighted by molar-refractivity contribution is 5.90. The zero-order chi connectivity index (χ0) is 11.7. The fraction of sp³-hybridized carbons (Fsp3) is 0.750. The maximum Gasteiger partial charge on any atom is 0.291 e. The first-order chi connectivity index (χ1) is 8.36. The van der Waals surface area contributed by atoms with Crippen molar-refractivity contribution in [3.05, 3.63) is 12.2 Å². The third kappa shape index (κ3) is 1.94. The Hall–Kier alpha value is -1.39. The lowest BCUT2D eigenvalue weighted by molar-refractivity contribution is 0.0380. The molecule has 5 nitrogen and oxygen atoms in total. The molecule has 2 heterocycles. The Morgan fingerprint density at radius 1 is 1.29 bits per heavy atom. The number of fused-ring (bicyclic) bond motifs is 1. The Kier molecular flexibility index (Phi) is 2.82. The van der Waals surface area contributed by atoms with E-state index in [1.165, 1.54) is 32.0 Å². The molecule has 3 rings (SSSR count). The molecule has 1 aromatic rings. The number of hydrogen-bond acceptors (Lipinski definition) is 3. The molecular weight excluding hydrogens is 216 g/mol. The van der Waals surface area contributed by atoms with Crippen molar-refractivity contribution in [2.75, 3.05) is 6.54 Å². The molecule has 17 heavy (non-hydrogen) atoms. The average Bonchev–Trinajstić information content (AvgIpc) is 2.91. The molecule has 5 heteroatoms. The van der Waals surface area contributed by atoms with Gasteiger partial charge in [-0.3, -0.25) is 9.89 Å². The molecule has 1 saturated carbocycles. The van der Waals surface area contributed by atoms with Crippen LogP contribution in [0, 0.1) is 5.92 Å². The van der Waals surface area contributed by atoms with Gasteiger partial charge < -0.3 is 4.90 Å². The van der Waals surface area contributed by atoms with Gasteiger partial charge in [0.2, 0.25) is 5.82 Å². The topological polar surface area (TPSA) is 61.9 Å². The summed E-state index contributed by atoms with van der Waals surface area (Å²) in [5.74, 6) is 1.12. The summed E-state index contributed by atoms with van der Waals surface area (Å²) in [6.45, 7) is 0.876. The molecular formula is C12H18N4O. The van der Waals surface area contributed by atoms with Crippen molar-refractivity contribution in [2.45, 2.75) is 44.6 Å². The number of piperidine rings is 1. The molecule has 1 aliphatic heterocycles. The normalized spacial score (nSPS) is 28.8. The Morgan fingerprint density at radius 2 is 2.12 bits per heavy atom. The van der Waals surface area contributed by atoms with Crippen molar-refractivity contribution in [3.63, 3.8) is 0 Å². The lowest BCUT2D eigenvalue weighted by atomic mass is 9.78. The second-order valence-electron chi connectivity index (χ2n) is 5.09. The van der Waals surface area contributed by atoms with Crippen molar-refractivity contribution in [1.29, 1.82) is 0 Å². The summed E-state index contributed by atoms with van der Waals surface area (Å²) in [5, 5.41) is 6.44. The maximum absolute atomic E-state index is 12.3. The largest absolute Gasteiger partial charge is 0.333 e. The van der Waals surface area contributed by atoms with E-state index in [4.69, 9.17) is 0 Å². The van der Waals surface area contributed by atoms with Crippen LogP contribution in [0.25, 0.3) is 0 Å². The van der Waals surface area contributed by atoms with E-state index in [2.05, 4.69) is 15.2 Å². The summed E-state index contributed by atoms with van der Waals surface area (Å²) in [6, 6.07) is 0.440. The van der Waals surface area contributed by atoms with Gasteiger partial charge >= 0.3 is 0 Å². The number of H-pyrrole nitrogens is 1. The van der Waals surface area contributed by atoms with Crippen LogP contribution in [0.5, 0.6) is 0 Å². The van der Waals surface area contributed by atoms with Gasteiger partial charge in [0, 0.05) is 12.6 Å². The molecule has 0 radical (unpaired) electrons. The average molecular weight is 234 g/mol. The monoisotopic (exact) mass is 234 g/mol. The number of rotatable bonds is 1. The first kappa shape index (κ1) is 10.7. The number of nitrogens with one attached hydrogen (secondary N) is 1. The van der Waals surface area contributed by atoms with Crippen LogP contribution >= 0.6 is 0 Å². The van der Waals surface area contributed by atoms with E-state index in [0.29, 0.717) is 17.8 Å². The number of amides is 1. The smallest absolute Gasteiger partial charge is 0.291 e. The number of carbonyl (C=O) groups excluding carboxylic acids is 1. The first-order valence-electron chi connectivity index (χ1n) is 6.52. The number of carbonyl (C=O) groups is 1. The third-order valence-electron chi connectivity index (χ3n) is 4.12. The Morgan fingerprint density at radius 3 is 2.94 bits per heavy atom. The molecule has 0 spiro atoms. The van der Waals surface area contributed by atoms with E-state index in [9.17, 15) is 4.79 Å². The number of aromatic nitrogens is 3. The van der Waals surface area contributed by atoms with Gasteiger partial charge in [-0.1, -0.05) is 12.8 Å². The highest BCUT2D eigenvalue weighted by Crippen LogP contribution is 2.35. The molecule has 1 amide bonds. The number of aromatic amines is 1. The SMILES string of the molecule is O=C(c1ncn[nH]1)N1CCCC2CCCCC21. The first-order valence-corrected chi connectivity index (χ1v) is 6.52. The van der Waals surface area contributed by atoms with Crippen molar-refractivity contribution in [3.8, 4) is 0 Å². The van der Waals surface area contributed by atoms with Crippen molar-refractivity contribution in [1.82, 2.24) is 20.1 Å². The molecule has 2 aliphatic rings. The fourth-order valence-corrected chi connectivity index (χ4v) is 3.32. The van der Waals surface area contributed by atoms with Crippen LogP contribution in [0.3, 0.4) is 0 Å². The second kappa shape index (κ2) is 4.47. The highest BCUT2D eigenvalue weighted by Gasteiger charge is 2.36. The lowest BCUT2D eigenvalue weighted by Gasteiger charge is -2.43. The predicted molar refractivity (Wildman–Crippen MR) is 62.4 cm³/mol. The van der Waals surface area contributed by atoms with Gasteiger partial charge in [-0.25, -0.2) is 4.98 Å². The van der Waals surface area contributed by atoms with Crippen molar-refractivity contribution < 1.29 is 4.79 Å². The van der Waals surface area contributed by atoms with Gasteiger partial charge in [-0.05, 0) is 31.6 Å². The zero-order valence-electron chi connectivity index (χ0n) is 9.93.